The van der Waals surface area contributed by atoms with Gasteiger partial charge in [0.2, 0.25) is 0 Å². The average molecular weight is 178 g/mol. The maximum atomic E-state index is 2.53. The van der Waals surface area contributed by atoms with Crippen LogP contribution in [-0.4, -0.2) is 0 Å². The van der Waals surface area contributed by atoms with Crippen LogP contribution in [0.2, 0.25) is 0 Å². The number of rotatable bonds is 0. The standard InChI is InChI=1S/C13H22/c1-13(2)8-11-4-9-3-10(5-11)7-12(13)6-9/h9-12H,3-8H2,1-2H3. The van der Waals surface area contributed by atoms with Crippen molar-refractivity contribution in [1.82, 2.24) is 0 Å². The molecule has 0 spiro atoms. The highest BCUT2D eigenvalue weighted by Gasteiger charge is 2.46. The molecule has 0 saturated heterocycles. The molecule has 2 unspecified atom stereocenters. The second kappa shape index (κ2) is 2.52. The molecular formula is C13H22. The molecule has 0 radical (unpaired) electrons. The van der Waals surface area contributed by atoms with E-state index in [9.17, 15) is 0 Å². The van der Waals surface area contributed by atoms with Gasteiger partial charge in [-0.15, -0.1) is 0 Å². The van der Waals surface area contributed by atoms with Crippen LogP contribution in [0.15, 0.2) is 0 Å². The first kappa shape index (κ1) is 8.32. The van der Waals surface area contributed by atoms with Crippen molar-refractivity contribution in [2.24, 2.45) is 29.1 Å². The van der Waals surface area contributed by atoms with Gasteiger partial charge in [0.25, 0.3) is 0 Å². The molecule has 4 saturated carbocycles. The van der Waals surface area contributed by atoms with Crippen molar-refractivity contribution < 1.29 is 0 Å². The second-order valence-electron chi connectivity index (χ2n) is 6.67. The molecule has 2 atom stereocenters. The largest absolute Gasteiger partial charge is 0.0596 e. The van der Waals surface area contributed by atoms with E-state index in [1.54, 1.807) is 32.1 Å². The smallest absolute Gasteiger partial charge is 0.0323 e. The van der Waals surface area contributed by atoms with Crippen LogP contribution in [0.25, 0.3) is 0 Å². The summed E-state index contributed by atoms with van der Waals surface area (Å²) in [6.07, 6.45) is 9.42. The van der Waals surface area contributed by atoms with Gasteiger partial charge >= 0.3 is 0 Å². The van der Waals surface area contributed by atoms with E-state index in [1.165, 1.54) is 6.42 Å². The molecule has 4 aliphatic carbocycles. The van der Waals surface area contributed by atoms with E-state index in [2.05, 4.69) is 13.8 Å². The molecule has 4 rings (SSSR count). The van der Waals surface area contributed by atoms with Gasteiger partial charge in [-0.1, -0.05) is 13.8 Å². The van der Waals surface area contributed by atoms with Crippen molar-refractivity contribution >= 4 is 0 Å². The quantitative estimate of drug-likeness (QED) is 0.528. The first-order valence-electron chi connectivity index (χ1n) is 6.13. The lowest BCUT2D eigenvalue weighted by Crippen LogP contribution is -2.30. The lowest BCUT2D eigenvalue weighted by molar-refractivity contribution is 0.104. The van der Waals surface area contributed by atoms with Crippen molar-refractivity contribution in [3.63, 3.8) is 0 Å². The highest BCUT2D eigenvalue weighted by atomic mass is 14.5. The van der Waals surface area contributed by atoms with Crippen LogP contribution >= 0.6 is 0 Å². The summed E-state index contributed by atoms with van der Waals surface area (Å²) in [4.78, 5) is 0. The fraction of sp³-hybridized carbons (Fsp3) is 1.00. The Bertz CT molecular complexity index is 202. The number of fused-ring (bicyclic) bond motifs is 1. The normalized spacial score (nSPS) is 52.2. The molecule has 74 valence electrons. The SMILES string of the molecule is CC1(C)CC2CC3CC(C2)CC1C3. The van der Waals surface area contributed by atoms with Crippen LogP contribution in [0.5, 0.6) is 0 Å². The fourth-order valence-corrected chi connectivity index (χ4v) is 4.70. The third kappa shape index (κ3) is 1.25. The molecule has 0 aromatic heterocycles. The molecule has 0 N–H and O–H groups in total. The van der Waals surface area contributed by atoms with Crippen molar-refractivity contribution in [3.05, 3.63) is 0 Å². The van der Waals surface area contributed by atoms with Gasteiger partial charge in [-0.2, -0.15) is 0 Å². The lowest BCUT2D eigenvalue weighted by atomic mass is 9.65. The zero-order valence-electron chi connectivity index (χ0n) is 9.05. The van der Waals surface area contributed by atoms with Crippen LogP contribution in [0.1, 0.15) is 52.4 Å². The minimum Gasteiger partial charge on any atom is -0.0596 e. The van der Waals surface area contributed by atoms with Crippen molar-refractivity contribution in [2.45, 2.75) is 52.4 Å². The third-order valence-electron chi connectivity index (χ3n) is 5.16. The average Bonchev–Trinajstić information content (AvgIpc) is 2.12. The minimum absolute atomic E-state index is 0.675. The van der Waals surface area contributed by atoms with E-state index >= 15 is 0 Å². The van der Waals surface area contributed by atoms with Crippen molar-refractivity contribution in [2.75, 3.05) is 0 Å². The van der Waals surface area contributed by atoms with Gasteiger partial charge in [-0.05, 0) is 67.6 Å². The Labute approximate surface area is 82.1 Å². The van der Waals surface area contributed by atoms with Crippen LogP contribution in [0.3, 0.4) is 0 Å². The van der Waals surface area contributed by atoms with E-state index in [4.69, 9.17) is 0 Å². The molecule has 0 heteroatoms. The van der Waals surface area contributed by atoms with Crippen molar-refractivity contribution in [3.8, 4) is 0 Å². The Morgan fingerprint density at radius 3 is 1.92 bits per heavy atom. The summed E-state index contributed by atoms with van der Waals surface area (Å²) in [7, 11) is 0. The molecule has 13 heavy (non-hydrogen) atoms. The first-order chi connectivity index (χ1) is 6.13. The maximum Gasteiger partial charge on any atom is -0.0323 e. The first-order valence-corrected chi connectivity index (χ1v) is 6.13. The molecule has 0 amide bonds. The summed E-state index contributed by atoms with van der Waals surface area (Å²) in [5.74, 6) is 4.43. The topological polar surface area (TPSA) is 0 Å². The maximum absolute atomic E-state index is 2.53. The highest BCUT2D eigenvalue weighted by molar-refractivity contribution is 4.97. The van der Waals surface area contributed by atoms with E-state index in [0.29, 0.717) is 5.41 Å². The molecule has 4 fully saturated rings. The Morgan fingerprint density at radius 2 is 1.31 bits per heavy atom. The van der Waals surface area contributed by atoms with Crippen LogP contribution in [-0.2, 0) is 0 Å². The molecule has 0 aromatic rings. The monoisotopic (exact) mass is 178 g/mol. The lowest BCUT2D eigenvalue weighted by Gasteiger charge is -2.40. The van der Waals surface area contributed by atoms with Gasteiger partial charge in [0.05, 0.1) is 0 Å². The zero-order valence-corrected chi connectivity index (χ0v) is 9.05. The highest BCUT2D eigenvalue weighted by Crippen LogP contribution is 2.57. The van der Waals surface area contributed by atoms with Gasteiger partial charge in [-0.25, -0.2) is 0 Å². The molecule has 0 aromatic carbocycles. The van der Waals surface area contributed by atoms with E-state index < -0.39 is 0 Å². The van der Waals surface area contributed by atoms with E-state index in [0.717, 1.165) is 23.7 Å². The molecule has 4 bridgehead atoms. The third-order valence-corrected chi connectivity index (χ3v) is 5.16. The Hall–Kier alpha value is 0. The molecular weight excluding hydrogens is 156 g/mol. The van der Waals surface area contributed by atoms with Gasteiger partial charge in [0.15, 0.2) is 0 Å². The predicted molar refractivity (Wildman–Crippen MR) is 55.4 cm³/mol. The Kier molecular flexibility index (Phi) is 1.61. The predicted octanol–water partition coefficient (Wildman–Crippen LogP) is 3.86. The van der Waals surface area contributed by atoms with Crippen molar-refractivity contribution in [1.29, 1.82) is 0 Å². The van der Waals surface area contributed by atoms with Gasteiger partial charge in [0, 0.05) is 0 Å². The summed E-state index contributed by atoms with van der Waals surface area (Å²) < 4.78 is 0. The molecule has 0 heterocycles. The second-order valence-corrected chi connectivity index (χ2v) is 6.67. The van der Waals surface area contributed by atoms with Crippen LogP contribution < -0.4 is 0 Å². The van der Waals surface area contributed by atoms with Crippen LogP contribution in [0, 0.1) is 29.1 Å². The Balaban J connectivity index is 1.95. The fourth-order valence-electron chi connectivity index (χ4n) is 4.70. The van der Waals surface area contributed by atoms with Gasteiger partial charge in [0.1, 0.15) is 0 Å². The summed E-state index contributed by atoms with van der Waals surface area (Å²) in [6.45, 7) is 5.06. The van der Waals surface area contributed by atoms with Crippen LogP contribution in [0.4, 0.5) is 0 Å². The summed E-state index contributed by atoms with van der Waals surface area (Å²) in [5, 5.41) is 0. The van der Waals surface area contributed by atoms with Gasteiger partial charge < -0.3 is 0 Å². The summed E-state index contributed by atoms with van der Waals surface area (Å²) in [5.41, 5.74) is 0.675. The van der Waals surface area contributed by atoms with Gasteiger partial charge in [-0.3, -0.25) is 0 Å². The molecule has 0 aliphatic heterocycles. The Morgan fingerprint density at radius 1 is 0.769 bits per heavy atom. The number of hydrogen-bond donors (Lipinski definition) is 0. The minimum atomic E-state index is 0.675. The van der Waals surface area contributed by atoms with E-state index in [-0.39, 0.29) is 0 Å². The zero-order chi connectivity index (χ0) is 9.05. The summed E-state index contributed by atoms with van der Waals surface area (Å²) in [6, 6.07) is 0. The van der Waals surface area contributed by atoms with E-state index in [1.807, 2.05) is 0 Å². The summed E-state index contributed by atoms with van der Waals surface area (Å²) >= 11 is 0. The molecule has 0 nitrogen and oxygen atoms in total. The molecule has 4 aliphatic rings. The number of hydrogen-bond acceptors (Lipinski definition) is 0.